The van der Waals surface area contributed by atoms with Crippen molar-refractivity contribution in [2.75, 3.05) is 45.2 Å². The van der Waals surface area contributed by atoms with Crippen molar-refractivity contribution >= 4 is 47.7 Å². The first kappa shape index (κ1) is 36.9. The van der Waals surface area contributed by atoms with Crippen LogP contribution in [-0.4, -0.2) is 113 Å². The smallest absolute Gasteiger partial charge is 0.416 e. The minimum atomic E-state index is -3.31. The predicted molar refractivity (Wildman–Crippen MR) is 176 cm³/mol. The van der Waals surface area contributed by atoms with E-state index in [9.17, 15) is 14.2 Å². The zero-order valence-electron chi connectivity index (χ0n) is 29.1. The third-order valence-corrected chi connectivity index (χ3v) is 10.9. The van der Waals surface area contributed by atoms with Gasteiger partial charge in [0.25, 0.3) is 0 Å². The molecular formula is C31H47ClN5O10P. The summed E-state index contributed by atoms with van der Waals surface area (Å²) < 4.78 is 56.7. The fraction of sp³-hybridized carbons (Fsp3) is 0.774. The van der Waals surface area contributed by atoms with E-state index in [1.807, 2.05) is 20.8 Å². The molecule has 0 N–H and O–H groups in total. The van der Waals surface area contributed by atoms with Crippen LogP contribution in [-0.2, 0) is 42.5 Å². The summed E-state index contributed by atoms with van der Waals surface area (Å²) in [6.07, 6.45) is 1.47. The lowest BCUT2D eigenvalue weighted by Gasteiger charge is -2.35. The molecule has 48 heavy (non-hydrogen) atoms. The molecule has 1 unspecified atom stereocenters. The molecule has 5 atom stereocenters. The molecule has 2 saturated heterocycles. The van der Waals surface area contributed by atoms with Crippen molar-refractivity contribution in [2.24, 2.45) is 0 Å². The van der Waals surface area contributed by atoms with E-state index >= 15 is 0 Å². The Labute approximate surface area is 285 Å². The fourth-order valence-electron chi connectivity index (χ4n) is 6.48. The Bertz CT molecular complexity index is 1550. The summed E-state index contributed by atoms with van der Waals surface area (Å²) in [6.45, 7) is 13.1. The van der Waals surface area contributed by atoms with Gasteiger partial charge in [0, 0.05) is 13.2 Å². The molecule has 0 bridgehead atoms. The van der Waals surface area contributed by atoms with E-state index in [1.165, 1.54) is 25.1 Å². The van der Waals surface area contributed by atoms with Gasteiger partial charge in [-0.1, -0.05) is 12.8 Å². The van der Waals surface area contributed by atoms with Crippen molar-refractivity contribution in [1.82, 2.24) is 19.7 Å². The van der Waals surface area contributed by atoms with E-state index in [1.54, 1.807) is 31.9 Å². The van der Waals surface area contributed by atoms with Crippen molar-refractivity contribution in [3.8, 4) is 0 Å². The van der Waals surface area contributed by atoms with Crippen LogP contribution in [0.2, 0.25) is 5.28 Å². The number of rotatable bonds is 11. The van der Waals surface area contributed by atoms with Crippen LogP contribution in [0.25, 0.3) is 11.0 Å². The van der Waals surface area contributed by atoms with Crippen LogP contribution in [0.4, 0.5) is 10.6 Å². The molecule has 5 rings (SSSR count). The highest BCUT2D eigenvalue weighted by atomic mass is 35.5. The van der Waals surface area contributed by atoms with Gasteiger partial charge < -0.3 is 37.7 Å². The van der Waals surface area contributed by atoms with Crippen molar-refractivity contribution in [3.05, 3.63) is 11.5 Å². The highest BCUT2D eigenvalue weighted by Gasteiger charge is 2.59. The number of amides is 1. The average molecular weight is 716 g/mol. The monoisotopic (exact) mass is 715 g/mol. The zero-order valence-corrected chi connectivity index (χ0v) is 30.7. The topological polar surface area (TPSA) is 163 Å². The molecule has 0 radical (unpaired) electrons. The molecule has 0 spiro atoms. The number of carbonyl (C=O) groups is 2. The van der Waals surface area contributed by atoms with E-state index in [0.717, 1.165) is 25.7 Å². The summed E-state index contributed by atoms with van der Waals surface area (Å²) in [4.78, 5) is 37.4. The predicted octanol–water partition coefficient (Wildman–Crippen LogP) is 5.13. The molecule has 1 saturated carbocycles. The number of carbonyl (C=O) groups excluding carboxylic acids is 2. The maximum absolute atomic E-state index is 13.6. The molecule has 2 aromatic rings. The molecule has 3 fully saturated rings. The van der Waals surface area contributed by atoms with Gasteiger partial charge in [-0.3, -0.25) is 4.90 Å². The summed E-state index contributed by atoms with van der Waals surface area (Å²) in [7, 11) is -1.92. The van der Waals surface area contributed by atoms with Gasteiger partial charge in [-0.25, -0.2) is 14.3 Å². The van der Waals surface area contributed by atoms with Crippen LogP contribution in [0.5, 0.6) is 0 Å². The molecular weight excluding hydrogens is 669 g/mol. The van der Waals surface area contributed by atoms with E-state index in [0.29, 0.717) is 11.0 Å². The number of fused-ring (bicyclic) bond motifs is 2. The third-order valence-electron chi connectivity index (χ3n) is 8.57. The number of esters is 1. The van der Waals surface area contributed by atoms with E-state index in [2.05, 4.69) is 15.1 Å². The summed E-state index contributed by atoms with van der Waals surface area (Å²) in [5.41, 5.74) is -0.427. The highest BCUT2D eigenvalue weighted by Crippen LogP contribution is 2.54. The molecule has 15 nitrogen and oxygen atoms in total. The Morgan fingerprint density at radius 1 is 1.15 bits per heavy atom. The van der Waals surface area contributed by atoms with Crippen molar-refractivity contribution < 1.29 is 47.3 Å². The Morgan fingerprint density at radius 2 is 1.81 bits per heavy atom. The number of aromatic nitrogens is 4. The number of nitrogens with zero attached hydrogens (tertiary/aromatic N) is 5. The summed E-state index contributed by atoms with van der Waals surface area (Å²) in [6, 6.07) is -0.141. The maximum Gasteiger partial charge on any atom is 0.416 e. The Hall–Kier alpha value is -2.39. The fourth-order valence-corrected chi connectivity index (χ4v) is 7.97. The van der Waals surface area contributed by atoms with Gasteiger partial charge in [0.2, 0.25) is 10.6 Å². The first-order valence-electron chi connectivity index (χ1n) is 16.2. The van der Waals surface area contributed by atoms with Gasteiger partial charge in [-0.15, -0.1) is 0 Å². The van der Waals surface area contributed by atoms with Crippen LogP contribution in [0.15, 0.2) is 6.20 Å². The largest absolute Gasteiger partial charge is 0.463 e. The third kappa shape index (κ3) is 7.24. The minimum Gasteiger partial charge on any atom is -0.463 e. The van der Waals surface area contributed by atoms with Gasteiger partial charge in [0.05, 0.1) is 31.4 Å². The van der Waals surface area contributed by atoms with Gasteiger partial charge in [0.15, 0.2) is 23.5 Å². The van der Waals surface area contributed by atoms with Crippen LogP contribution in [0.3, 0.4) is 0 Å². The normalized spacial score (nSPS) is 25.6. The summed E-state index contributed by atoms with van der Waals surface area (Å²) in [5.74, 6) is -1.50. The highest BCUT2D eigenvalue weighted by molar-refractivity contribution is 7.64. The summed E-state index contributed by atoms with van der Waals surface area (Å²) >= 11 is 6.52. The molecule has 2 aliphatic heterocycles. The average Bonchev–Trinajstić information content (AvgIpc) is 3.74. The molecule has 2 aromatic heterocycles. The molecule has 268 valence electrons. The van der Waals surface area contributed by atoms with Crippen molar-refractivity contribution in [3.63, 3.8) is 0 Å². The SMILES string of the molecule is CCOC(=O)C(COC)(OC[C@H]1O[C@@H](n2ncc3c(N(C(=O)OC(C)(C)C)C4CCCC4)nc(Cl)nc32)[C@@H]2OC(C)(C)O[C@@H]21)P(C)(C)=O. The Kier molecular flexibility index (Phi) is 10.5. The van der Waals surface area contributed by atoms with E-state index in [4.69, 9.17) is 44.8 Å². The lowest BCUT2D eigenvalue weighted by molar-refractivity contribution is -0.209. The Balaban J connectivity index is 1.51. The van der Waals surface area contributed by atoms with Gasteiger partial charge in [-0.2, -0.15) is 15.1 Å². The first-order valence-corrected chi connectivity index (χ1v) is 19.2. The molecule has 1 aliphatic carbocycles. The minimum absolute atomic E-state index is 0.0659. The second-order valence-corrected chi connectivity index (χ2v) is 17.9. The second-order valence-electron chi connectivity index (χ2n) is 14.2. The van der Waals surface area contributed by atoms with Gasteiger partial charge >= 0.3 is 12.1 Å². The maximum atomic E-state index is 13.6. The van der Waals surface area contributed by atoms with Crippen LogP contribution in [0.1, 0.15) is 73.5 Å². The van der Waals surface area contributed by atoms with E-state index in [-0.39, 0.29) is 37.0 Å². The number of hydrogen-bond acceptors (Lipinski definition) is 13. The standard InChI is InChI=1S/C31H47ClN5O10P/c1-10-42-26(38)31(17-41-7,48(8,9)40)43-16-20-21-22(46-30(5,6)45-21)25(44-20)37-24-19(15-33-37)23(34-27(32)35-24)36(18-13-11-12-14-18)28(39)47-29(2,3)4/h15,18,20-22,25H,10-14,16-17H2,1-9H3/t20-,21-,22-,25-,31?/m1/s1. The van der Waals surface area contributed by atoms with Gasteiger partial charge in [-0.05, 0) is 79.3 Å². The Morgan fingerprint density at radius 3 is 2.42 bits per heavy atom. The van der Waals surface area contributed by atoms with Gasteiger partial charge in [0.1, 0.15) is 31.1 Å². The van der Waals surface area contributed by atoms with Crippen LogP contribution in [0, 0.1) is 0 Å². The number of anilines is 1. The molecule has 0 aromatic carbocycles. The van der Waals surface area contributed by atoms with Crippen LogP contribution < -0.4 is 4.90 Å². The molecule has 4 heterocycles. The lowest BCUT2D eigenvalue weighted by atomic mass is 10.1. The number of methoxy groups -OCH3 is 1. The second kappa shape index (κ2) is 13.7. The molecule has 17 heteroatoms. The first-order chi connectivity index (χ1) is 22.4. The van der Waals surface area contributed by atoms with Crippen molar-refractivity contribution in [1.29, 1.82) is 0 Å². The number of halogens is 1. The zero-order chi connectivity index (χ0) is 35.2. The van der Waals surface area contributed by atoms with E-state index < -0.39 is 60.5 Å². The quantitative estimate of drug-likeness (QED) is 0.171. The number of ether oxygens (including phenoxy) is 7. The van der Waals surface area contributed by atoms with Crippen LogP contribution >= 0.6 is 18.7 Å². The number of hydrogen-bond donors (Lipinski definition) is 0. The molecule has 1 amide bonds. The van der Waals surface area contributed by atoms with Crippen molar-refractivity contribution in [2.45, 2.75) is 115 Å². The summed E-state index contributed by atoms with van der Waals surface area (Å²) in [5, 5.41) is 3.13. The lowest BCUT2D eigenvalue weighted by Crippen LogP contribution is -2.49. The molecule has 3 aliphatic rings.